The second kappa shape index (κ2) is 9.42. The number of pyridine rings is 1. The Morgan fingerprint density at radius 1 is 1.23 bits per heavy atom. The summed E-state index contributed by atoms with van der Waals surface area (Å²) in [5.74, 6) is -0.253. The van der Waals surface area contributed by atoms with Gasteiger partial charge in [-0.1, -0.05) is 18.7 Å². The monoisotopic (exact) mass is 467 g/mol. The summed E-state index contributed by atoms with van der Waals surface area (Å²) in [4.78, 5) is 24.6. The van der Waals surface area contributed by atoms with Crippen molar-refractivity contribution in [1.82, 2.24) is 19.7 Å². The minimum atomic E-state index is -0.253. The van der Waals surface area contributed by atoms with E-state index in [1.165, 1.54) is 12.3 Å². The van der Waals surface area contributed by atoms with E-state index >= 15 is 0 Å². The summed E-state index contributed by atoms with van der Waals surface area (Å²) in [6.45, 7) is 9.62. The van der Waals surface area contributed by atoms with Crippen LogP contribution in [-0.4, -0.2) is 38.9 Å². The molecule has 0 radical (unpaired) electrons. The van der Waals surface area contributed by atoms with Crippen molar-refractivity contribution in [2.45, 2.75) is 20.8 Å². The topological polar surface area (TPSA) is 114 Å². The third kappa shape index (κ3) is 4.14. The Hall–Kier alpha value is -4.46. The van der Waals surface area contributed by atoms with Gasteiger partial charge in [0, 0.05) is 72.2 Å². The Balaban J connectivity index is 2.10. The number of H-pyrrole nitrogens is 1. The molecule has 3 heterocycles. The number of aryl methyl sites for hydroxylation is 3. The Morgan fingerprint density at radius 2 is 2.00 bits per heavy atom. The first-order valence-corrected chi connectivity index (χ1v) is 11.2. The van der Waals surface area contributed by atoms with Crippen molar-refractivity contribution in [1.29, 1.82) is 0 Å². The number of anilines is 1. The molecule has 0 aliphatic carbocycles. The highest BCUT2D eigenvalue weighted by Gasteiger charge is 2.23. The number of nitrogens with one attached hydrogen (secondary N) is 2. The van der Waals surface area contributed by atoms with Crippen LogP contribution in [0, 0.1) is 20.8 Å². The average Bonchev–Trinajstić information content (AvgIpc) is 3.44. The number of hydrogen-bond acceptors (Lipinski definition) is 5. The van der Waals surface area contributed by atoms with Crippen LogP contribution in [0.3, 0.4) is 0 Å². The lowest BCUT2D eigenvalue weighted by molar-refractivity contribution is -0.111. The Morgan fingerprint density at radius 3 is 2.63 bits per heavy atom. The van der Waals surface area contributed by atoms with Crippen LogP contribution in [0.2, 0.25) is 0 Å². The molecule has 0 aliphatic heterocycles. The molecule has 178 valence electrons. The van der Waals surface area contributed by atoms with Gasteiger partial charge in [0.2, 0.25) is 5.91 Å². The van der Waals surface area contributed by atoms with Crippen LogP contribution in [0.4, 0.5) is 5.69 Å². The van der Waals surface area contributed by atoms with E-state index in [0.29, 0.717) is 0 Å². The number of aromatic nitrogens is 4. The summed E-state index contributed by atoms with van der Waals surface area (Å²) in [5.41, 5.74) is 15.8. The van der Waals surface area contributed by atoms with Crippen LogP contribution in [-0.2, 0) is 11.8 Å². The smallest absolute Gasteiger partial charge is 0.247 e. The fourth-order valence-electron chi connectivity index (χ4n) is 4.46. The molecular formula is C27H29N7O. The molecule has 3 aromatic heterocycles. The van der Waals surface area contributed by atoms with Gasteiger partial charge in [0.1, 0.15) is 5.65 Å². The molecule has 0 saturated carbocycles. The van der Waals surface area contributed by atoms with Crippen molar-refractivity contribution in [3.8, 4) is 22.4 Å². The lowest BCUT2D eigenvalue weighted by Crippen LogP contribution is -2.10. The number of carbonyl (C=O) groups excluding carboxylic acids is 1. The van der Waals surface area contributed by atoms with Crippen molar-refractivity contribution in [2.75, 3.05) is 12.4 Å². The van der Waals surface area contributed by atoms with E-state index in [4.69, 9.17) is 10.7 Å². The first-order valence-electron chi connectivity index (χ1n) is 11.2. The number of carbonyl (C=O) groups is 1. The number of rotatable bonds is 6. The summed E-state index contributed by atoms with van der Waals surface area (Å²) in [6.07, 6.45) is 10.1. The van der Waals surface area contributed by atoms with Gasteiger partial charge >= 0.3 is 0 Å². The summed E-state index contributed by atoms with van der Waals surface area (Å²) in [7, 11) is 3.59. The number of fused-ring (bicyclic) bond motifs is 1. The fraction of sp³-hybridized carbons (Fsp3) is 0.185. The first kappa shape index (κ1) is 23.7. The molecule has 0 fully saturated rings. The SMILES string of the molecule is C=CC(=O)Nc1c(C)ccc(-c2c(-c3cnn(C)c3)[nH]c3ncc(/C(C=NC)=C/N)c(C)c23)c1C. The molecule has 1 aromatic carbocycles. The number of benzene rings is 1. The third-order valence-corrected chi connectivity index (χ3v) is 6.21. The lowest BCUT2D eigenvalue weighted by Gasteiger charge is -2.16. The number of nitrogens with zero attached hydrogens (tertiary/aromatic N) is 4. The molecule has 4 aromatic rings. The highest BCUT2D eigenvalue weighted by atomic mass is 16.1. The van der Waals surface area contributed by atoms with E-state index in [2.05, 4.69) is 40.0 Å². The van der Waals surface area contributed by atoms with Crippen molar-refractivity contribution in [2.24, 2.45) is 17.8 Å². The molecule has 4 rings (SSSR count). The number of allylic oxidation sites excluding steroid dienone is 1. The van der Waals surface area contributed by atoms with E-state index < -0.39 is 0 Å². The average molecular weight is 468 g/mol. The van der Waals surface area contributed by atoms with Gasteiger partial charge in [-0.2, -0.15) is 5.10 Å². The van der Waals surface area contributed by atoms with E-state index in [0.717, 1.165) is 66.9 Å². The van der Waals surface area contributed by atoms with Gasteiger partial charge in [-0.05, 0) is 49.1 Å². The molecule has 4 N–H and O–H groups in total. The minimum Gasteiger partial charge on any atom is -0.404 e. The van der Waals surface area contributed by atoms with E-state index in [1.54, 1.807) is 17.9 Å². The molecule has 8 heteroatoms. The zero-order valence-corrected chi connectivity index (χ0v) is 20.6. The van der Waals surface area contributed by atoms with Crippen LogP contribution in [0.5, 0.6) is 0 Å². The van der Waals surface area contributed by atoms with Gasteiger partial charge in [0.25, 0.3) is 0 Å². The third-order valence-electron chi connectivity index (χ3n) is 6.21. The van der Waals surface area contributed by atoms with Crippen molar-refractivity contribution in [3.63, 3.8) is 0 Å². The Kier molecular flexibility index (Phi) is 6.38. The maximum absolute atomic E-state index is 12.2. The van der Waals surface area contributed by atoms with Crippen LogP contribution in [0.1, 0.15) is 22.3 Å². The van der Waals surface area contributed by atoms with Gasteiger partial charge in [-0.3, -0.25) is 14.5 Å². The second-order valence-electron chi connectivity index (χ2n) is 8.43. The fourth-order valence-corrected chi connectivity index (χ4v) is 4.46. The first-order chi connectivity index (χ1) is 16.8. The molecule has 0 bridgehead atoms. The van der Waals surface area contributed by atoms with Crippen molar-refractivity contribution >= 4 is 34.4 Å². The van der Waals surface area contributed by atoms with Gasteiger partial charge < -0.3 is 16.0 Å². The Labute approximate surface area is 204 Å². The highest BCUT2D eigenvalue weighted by Crippen LogP contribution is 2.43. The quantitative estimate of drug-likeness (QED) is 0.282. The molecule has 1 amide bonds. The summed E-state index contributed by atoms with van der Waals surface area (Å²) in [5, 5.41) is 8.31. The largest absolute Gasteiger partial charge is 0.404 e. The number of amides is 1. The zero-order valence-electron chi connectivity index (χ0n) is 20.6. The molecule has 0 saturated heterocycles. The molecule has 0 aliphatic rings. The maximum Gasteiger partial charge on any atom is 0.247 e. The molecule has 35 heavy (non-hydrogen) atoms. The standard InChI is InChI=1S/C27H29N7O/c1-7-22(35)32-25-15(2)8-9-20(17(25)4)24-23-16(3)21(18(10-28)11-29-5)13-30-27(23)33-26(24)19-12-31-34(6)14-19/h7-14H,1,28H2,2-6H3,(H,30,33)(H,32,35)/b18-10+,29-11?. The zero-order chi connectivity index (χ0) is 25.3. The van der Waals surface area contributed by atoms with Crippen LogP contribution in [0.25, 0.3) is 39.0 Å². The minimum absolute atomic E-state index is 0.253. The van der Waals surface area contributed by atoms with Crippen molar-refractivity contribution < 1.29 is 4.79 Å². The van der Waals surface area contributed by atoms with E-state index in [9.17, 15) is 4.79 Å². The molecule has 0 spiro atoms. The summed E-state index contributed by atoms with van der Waals surface area (Å²) in [6, 6.07) is 4.09. The van der Waals surface area contributed by atoms with Gasteiger partial charge in [0.05, 0.1) is 11.9 Å². The molecular weight excluding hydrogens is 438 g/mol. The number of aliphatic imine (C=N–C) groups is 1. The number of nitrogens with two attached hydrogens (primary N) is 1. The van der Waals surface area contributed by atoms with Crippen LogP contribution < -0.4 is 11.1 Å². The van der Waals surface area contributed by atoms with Gasteiger partial charge in [0.15, 0.2) is 0 Å². The number of aromatic amines is 1. The molecule has 0 atom stereocenters. The normalized spacial score (nSPS) is 12.0. The van der Waals surface area contributed by atoms with Crippen molar-refractivity contribution in [3.05, 3.63) is 71.8 Å². The lowest BCUT2D eigenvalue weighted by atomic mass is 9.91. The molecule has 0 unspecified atom stereocenters. The van der Waals surface area contributed by atoms with Gasteiger partial charge in [-0.25, -0.2) is 4.98 Å². The maximum atomic E-state index is 12.2. The Bertz CT molecular complexity index is 1520. The van der Waals surface area contributed by atoms with E-state index in [1.807, 2.05) is 45.6 Å². The van der Waals surface area contributed by atoms with Crippen LogP contribution >= 0.6 is 0 Å². The van der Waals surface area contributed by atoms with Crippen LogP contribution in [0.15, 0.2) is 54.6 Å². The number of hydrogen-bond donors (Lipinski definition) is 3. The predicted octanol–water partition coefficient (Wildman–Crippen LogP) is 4.68. The summed E-state index contributed by atoms with van der Waals surface area (Å²) >= 11 is 0. The highest BCUT2D eigenvalue weighted by molar-refractivity contribution is 6.13. The van der Waals surface area contributed by atoms with Gasteiger partial charge in [-0.15, -0.1) is 0 Å². The predicted molar refractivity (Wildman–Crippen MR) is 143 cm³/mol. The molecule has 8 nitrogen and oxygen atoms in total. The summed E-state index contributed by atoms with van der Waals surface area (Å²) < 4.78 is 1.76. The van der Waals surface area contributed by atoms with E-state index in [-0.39, 0.29) is 5.91 Å². The second-order valence-corrected chi connectivity index (χ2v) is 8.43.